The fraction of sp³-hybridized carbons (Fsp3) is 0.607. The Bertz CT molecular complexity index is 860. The standard InChI is InChI=1S/C28H39NO3S/c1-20-6-5-7-21(14-20)16-24(30)8-9-25-26-17-22(15-23(26)18-27(25)31)10-13-33-19-28(32)29-11-3-2-4-12-29/h5-9,14-15,23-27,30-31H,2-4,10-13,16-19H2,1H3/b9-8+/t23-,24-,25+,26-,27+/m0/s1. The quantitative estimate of drug-likeness (QED) is 0.412. The van der Waals surface area contributed by atoms with Gasteiger partial charge < -0.3 is 15.1 Å². The second-order valence-electron chi connectivity index (χ2n) is 10.1. The van der Waals surface area contributed by atoms with Crippen LogP contribution in [0.2, 0.25) is 0 Å². The summed E-state index contributed by atoms with van der Waals surface area (Å²) in [7, 11) is 0. The molecule has 1 aliphatic heterocycles. The van der Waals surface area contributed by atoms with Crippen LogP contribution in [0.3, 0.4) is 0 Å². The first-order valence-corrected chi connectivity index (χ1v) is 13.8. The van der Waals surface area contributed by atoms with Crippen molar-refractivity contribution in [2.75, 3.05) is 24.6 Å². The number of thioether (sulfide) groups is 1. The van der Waals surface area contributed by atoms with Crippen LogP contribution >= 0.6 is 11.8 Å². The van der Waals surface area contributed by atoms with Crippen molar-refractivity contribution in [1.82, 2.24) is 4.90 Å². The Morgan fingerprint density at radius 3 is 2.88 bits per heavy atom. The van der Waals surface area contributed by atoms with Crippen molar-refractivity contribution >= 4 is 17.7 Å². The summed E-state index contributed by atoms with van der Waals surface area (Å²) in [6.07, 6.45) is 12.5. The number of benzene rings is 1. The van der Waals surface area contributed by atoms with E-state index >= 15 is 0 Å². The number of carbonyl (C=O) groups is 1. The zero-order valence-electron chi connectivity index (χ0n) is 19.9. The van der Waals surface area contributed by atoms with E-state index < -0.39 is 6.10 Å². The summed E-state index contributed by atoms with van der Waals surface area (Å²) in [5.74, 6) is 2.89. The van der Waals surface area contributed by atoms with Crippen molar-refractivity contribution in [2.24, 2.45) is 17.8 Å². The average Bonchev–Trinajstić information content (AvgIpc) is 3.32. The minimum Gasteiger partial charge on any atom is -0.392 e. The fourth-order valence-electron chi connectivity index (χ4n) is 5.79. The molecule has 2 N–H and O–H groups in total. The van der Waals surface area contributed by atoms with E-state index in [1.807, 2.05) is 17.0 Å². The van der Waals surface area contributed by atoms with Crippen molar-refractivity contribution in [3.05, 3.63) is 59.2 Å². The second kappa shape index (κ2) is 11.7. The van der Waals surface area contributed by atoms with Crippen LogP contribution in [0.4, 0.5) is 0 Å². The molecule has 2 fully saturated rings. The van der Waals surface area contributed by atoms with Gasteiger partial charge in [0.05, 0.1) is 18.0 Å². The minimum atomic E-state index is -0.527. The third kappa shape index (κ3) is 6.74. The van der Waals surface area contributed by atoms with Gasteiger partial charge in [-0.15, -0.1) is 0 Å². The highest BCUT2D eigenvalue weighted by atomic mass is 32.2. The molecule has 2 aliphatic carbocycles. The molecule has 4 rings (SSSR count). The first-order chi connectivity index (χ1) is 16.0. The topological polar surface area (TPSA) is 60.8 Å². The second-order valence-corrected chi connectivity index (χ2v) is 11.2. The van der Waals surface area contributed by atoms with Crippen LogP contribution in [0, 0.1) is 24.7 Å². The molecule has 33 heavy (non-hydrogen) atoms. The number of rotatable bonds is 9. The largest absolute Gasteiger partial charge is 0.392 e. The Balaban J connectivity index is 1.21. The molecular formula is C28H39NO3S. The zero-order valence-corrected chi connectivity index (χ0v) is 20.7. The molecule has 4 nitrogen and oxygen atoms in total. The van der Waals surface area contributed by atoms with Crippen LogP contribution in [-0.2, 0) is 11.2 Å². The third-order valence-corrected chi connectivity index (χ3v) is 8.48. The Hall–Kier alpha value is -1.56. The lowest BCUT2D eigenvalue weighted by molar-refractivity contribution is -0.129. The molecule has 3 aliphatic rings. The number of piperidine rings is 1. The summed E-state index contributed by atoms with van der Waals surface area (Å²) in [4.78, 5) is 14.4. The van der Waals surface area contributed by atoms with Gasteiger partial charge in [-0.2, -0.15) is 11.8 Å². The monoisotopic (exact) mass is 469 g/mol. The van der Waals surface area contributed by atoms with Crippen LogP contribution < -0.4 is 0 Å². The number of likely N-dealkylation sites (tertiary alicyclic amines) is 1. The third-order valence-electron chi connectivity index (χ3n) is 7.53. The molecule has 1 heterocycles. The van der Waals surface area contributed by atoms with E-state index in [-0.39, 0.29) is 12.0 Å². The maximum atomic E-state index is 12.3. The first kappa shape index (κ1) is 24.6. The van der Waals surface area contributed by atoms with Gasteiger partial charge in [0.2, 0.25) is 5.91 Å². The summed E-state index contributed by atoms with van der Waals surface area (Å²) in [6.45, 7) is 3.94. The van der Waals surface area contributed by atoms with Crippen molar-refractivity contribution in [3.8, 4) is 0 Å². The molecule has 1 aromatic carbocycles. The van der Waals surface area contributed by atoms with Crippen molar-refractivity contribution in [3.63, 3.8) is 0 Å². The van der Waals surface area contributed by atoms with E-state index in [9.17, 15) is 15.0 Å². The number of allylic oxidation sites excluding steroid dienone is 2. The lowest BCUT2D eigenvalue weighted by Gasteiger charge is -2.26. The minimum absolute atomic E-state index is 0.115. The van der Waals surface area contributed by atoms with Gasteiger partial charge in [-0.25, -0.2) is 0 Å². The highest BCUT2D eigenvalue weighted by Crippen LogP contribution is 2.48. The summed E-state index contributed by atoms with van der Waals surface area (Å²) < 4.78 is 0. The summed E-state index contributed by atoms with van der Waals surface area (Å²) >= 11 is 1.76. The molecular weight excluding hydrogens is 430 g/mol. The van der Waals surface area contributed by atoms with E-state index in [4.69, 9.17) is 0 Å². The highest BCUT2D eigenvalue weighted by Gasteiger charge is 2.43. The Kier molecular flexibility index (Phi) is 8.72. The normalized spacial score (nSPS) is 28.2. The van der Waals surface area contributed by atoms with E-state index in [1.54, 1.807) is 11.8 Å². The molecule has 180 valence electrons. The summed E-state index contributed by atoms with van der Waals surface area (Å²) in [6, 6.07) is 8.26. The van der Waals surface area contributed by atoms with Crippen molar-refractivity contribution in [1.29, 1.82) is 0 Å². The number of amides is 1. The van der Waals surface area contributed by atoms with E-state index in [0.29, 0.717) is 29.9 Å². The summed E-state index contributed by atoms with van der Waals surface area (Å²) in [5.41, 5.74) is 3.82. The average molecular weight is 470 g/mol. The molecule has 1 saturated heterocycles. The van der Waals surface area contributed by atoms with E-state index in [0.717, 1.165) is 56.5 Å². The van der Waals surface area contributed by atoms with Gasteiger partial charge in [-0.1, -0.05) is 53.6 Å². The summed E-state index contributed by atoms with van der Waals surface area (Å²) in [5, 5.41) is 21.1. The van der Waals surface area contributed by atoms with Gasteiger partial charge in [-0.3, -0.25) is 4.79 Å². The van der Waals surface area contributed by atoms with E-state index in [1.165, 1.54) is 17.6 Å². The number of fused-ring (bicyclic) bond motifs is 1. The van der Waals surface area contributed by atoms with Crippen molar-refractivity contribution < 1.29 is 15.0 Å². The van der Waals surface area contributed by atoms with Gasteiger partial charge in [-0.05, 0) is 68.6 Å². The molecule has 1 aromatic rings. The van der Waals surface area contributed by atoms with Crippen LogP contribution in [0.25, 0.3) is 0 Å². The lowest BCUT2D eigenvalue weighted by Crippen LogP contribution is -2.36. The van der Waals surface area contributed by atoms with Crippen LogP contribution in [0.1, 0.15) is 49.7 Å². The molecule has 5 atom stereocenters. The lowest BCUT2D eigenvalue weighted by atomic mass is 9.88. The molecule has 0 spiro atoms. The molecule has 1 saturated carbocycles. The number of nitrogens with zero attached hydrogens (tertiary/aromatic N) is 1. The predicted molar refractivity (Wildman–Crippen MR) is 136 cm³/mol. The Labute approximate surface area is 203 Å². The molecule has 0 radical (unpaired) electrons. The number of carbonyl (C=O) groups excluding carboxylic acids is 1. The Morgan fingerprint density at radius 1 is 1.27 bits per heavy atom. The number of aryl methyl sites for hydroxylation is 1. The van der Waals surface area contributed by atoms with E-state index in [2.05, 4.69) is 37.3 Å². The Morgan fingerprint density at radius 2 is 2.09 bits per heavy atom. The number of aliphatic hydroxyl groups is 2. The van der Waals surface area contributed by atoms with Crippen molar-refractivity contribution in [2.45, 2.75) is 64.1 Å². The van der Waals surface area contributed by atoms with Crippen LogP contribution in [0.5, 0.6) is 0 Å². The number of hydrogen-bond acceptors (Lipinski definition) is 4. The highest BCUT2D eigenvalue weighted by molar-refractivity contribution is 7.99. The molecule has 0 unspecified atom stereocenters. The maximum Gasteiger partial charge on any atom is 0.232 e. The number of aliphatic hydroxyl groups excluding tert-OH is 2. The zero-order chi connectivity index (χ0) is 23.2. The van der Waals surface area contributed by atoms with Crippen LogP contribution in [0.15, 0.2) is 48.1 Å². The van der Waals surface area contributed by atoms with Gasteiger partial charge in [0.25, 0.3) is 0 Å². The number of hydrogen-bond donors (Lipinski definition) is 2. The molecule has 1 amide bonds. The van der Waals surface area contributed by atoms with Gasteiger partial charge >= 0.3 is 0 Å². The molecule has 0 bridgehead atoms. The van der Waals surface area contributed by atoms with Gasteiger partial charge in [0.1, 0.15) is 0 Å². The van der Waals surface area contributed by atoms with Gasteiger partial charge in [0, 0.05) is 25.4 Å². The predicted octanol–water partition coefficient (Wildman–Crippen LogP) is 4.53. The van der Waals surface area contributed by atoms with Gasteiger partial charge in [0.15, 0.2) is 0 Å². The fourth-order valence-corrected chi connectivity index (χ4v) is 6.70. The maximum absolute atomic E-state index is 12.3. The van der Waals surface area contributed by atoms with Crippen LogP contribution in [-0.4, -0.2) is 57.8 Å². The SMILES string of the molecule is Cc1cccc(C[C@@H](O)/C=C/[C@@H]2[C@H]3CC(CCSCC(=O)N4CCCCC4)=C[C@H]3C[C@H]2O)c1. The first-order valence-electron chi connectivity index (χ1n) is 12.6. The molecule has 5 heteroatoms. The smallest absolute Gasteiger partial charge is 0.232 e. The molecule has 0 aromatic heterocycles.